The van der Waals surface area contributed by atoms with Crippen molar-refractivity contribution < 1.29 is 17.6 Å². The van der Waals surface area contributed by atoms with Crippen LogP contribution in [0.4, 0.5) is 17.6 Å². The van der Waals surface area contributed by atoms with E-state index in [0.717, 1.165) is 36.9 Å². The molecule has 0 bridgehead atoms. The number of nitrogens with zero attached hydrogens (tertiary/aromatic N) is 4. The van der Waals surface area contributed by atoms with Gasteiger partial charge < -0.3 is 5.73 Å². The minimum absolute atomic E-state index is 0.169. The summed E-state index contributed by atoms with van der Waals surface area (Å²) in [6.07, 6.45) is -4.98. The van der Waals surface area contributed by atoms with Gasteiger partial charge in [-0.25, -0.2) is 14.2 Å². The van der Waals surface area contributed by atoms with Gasteiger partial charge in [-0.2, -0.15) is 18.4 Å². The molecule has 2 aromatic heterocycles. The summed E-state index contributed by atoms with van der Waals surface area (Å²) in [5, 5.41) is 9.01. The van der Waals surface area contributed by atoms with E-state index in [1.54, 1.807) is 6.07 Å². The highest BCUT2D eigenvalue weighted by Gasteiger charge is 2.38. The van der Waals surface area contributed by atoms with Crippen LogP contribution in [0.2, 0.25) is 0 Å². The fraction of sp³-hybridized carbons (Fsp3) is 0.222. The SMILES string of the molecule is Cn1c(=O)c2c(-c3cc(F)ccc3C#N)c(CN)c(C(F)(F)F)nc2n(C)c1=O. The molecule has 0 atom stereocenters. The average Bonchev–Trinajstić information content (AvgIpc) is 2.68. The average molecular weight is 407 g/mol. The third-order valence-corrected chi connectivity index (χ3v) is 4.53. The normalized spacial score (nSPS) is 11.7. The van der Waals surface area contributed by atoms with Gasteiger partial charge in [0, 0.05) is 37.3 Å². The number of hydrogen-bond acceptors (Lipinski definition) is 5. The Hall–Kier alpha value is -3.52. The van der Waals surface area contributed by atoms with Crippen molar-refractivity contribution in [3.8, 4) is 17.2 Å². The molecule has 0 radical (unpaired) electrons. The summed E-state index contributed by atoms with van der Waals surface area (Å²) in [6.45, 7) is -0.694. The van der Waals surface area contributed by atoms with Crippen molar-refractivity contribution >= 4 is 11.0 Å². The van der Waals surface area contributed by atoms with E-state index in [-0.39, 0.29) is 22.1 Å². The Bertz CT molecular complexity index is 1320. The molecule has 3 rings (SSSR count). The van der Waals surface area contributed by atoms with E-state index in [2.05, 4.69) is 4.98 Å². The lowest BCUT2D eigenvalue weighted by Gasteiger charge is -2.19. The minimum atomic E-state index is -4.98. The van der Waals surface area contributed by atoms with Gasteiger partial charge in [0.2, 0.25) is 0 Å². The van der Waals surface area contributed by atoms with Crippen molar-refractivity contribution in [2.75, 3.05) is 0 Å². The summed E-state index contributed by atoms with van der Waals surface area (Å²) >= 11 is 0. The monoisotopic (exact) mass is 407 g/mol. The van der Waals surface area contributed by atoms with Gasteiger partial charge in [0.05, 0.1) is 17.0 Å². The van der Waals surface area contributed by atoms with Crippen molar-refractivity contribution in [2.45, 2.75) is 12.7 Å². The highest BCUT2D eigenvalue weighted by molar-refractivity contribution is 5.96. The van der Waals surface area contributed by atoms with Crippen LogP contribution in [-0.2, 0) is 26.8 Å². The molecule has 0 unspecified atom stereocenters. The summed E-state index contributed by atoms with van der Waals surface area (Å²) in [5.74, 6) is -0.831. The van der Waals surface area contributed by atoms with E-state index in [0.29, 0.717) is 4.57 Å². The Morgan fingerprint density at radius 1 is 1.21 bits per heavy atom. The quantitative estimate of drug-likeness (QED) is 0.652. The molecule has 0 fully saturated rings. The van der Waals surface area contributed by atoms with Crippen molar-refractivity contribution in [3.63, 3.8) is 0 Å². The van der Waals surface area contributed by atoms with Crippen LogP contribution in [0, 0.1) is 17.1 Å². The van der Waals surface area contributed by atoms with E-state index in [1.165, 1.54) is 0 Å². The molecule has 0 saturated carbocycles. The van der Waals surface area contributed by atoms with E-state index < -0.39 is 46.7 Å². The summed E-state index contributed by atoms with van der Waals surface area (Å²) in [5.41, 5.74) is 0.388. The fourth-order valence-corrected chi connectivity index (χ4v) is 3.18. The van der Waals surface area contributed by atoms with Crippen LogP contribution in [0.3, 0.4) is 0 Å². The Labute approximate surface area is 160 Å². The van der Waals surface area contributed by atoms with Crippen LogP contribution in [0.25, 0.3) is 22.2 Å². The lowest BCUT2D eigenvalue weighted by Crippen LogP contribution is -2.38. The van der Waals surface area contributed by atoms with Gasteiger partial charge in [-0.15, -0.1) is 0 Å². The number of pyridine rings is 1. The summed E-state index contributed by atoms with van der Waals surface area (Å²) < 4.78 is 56.5. The molecule has 0 spiro atoms. The summed E-state index contributed by atoms with van der Waals surface area (Å²) in [6, 6.07) is 4.66. The van der Waals surface area contributed by atoms with Crippen LogP contribution in [0.1, 0.15) is 16.8 Å². The number of rotatable bonds is 2. The first-order valence-electron chi connectivity index (χ1n) is 8.12. The predicted octanol–water partition coefficient (Wildman–Crippen LogP) is 1.79. The molecule has 11 heteroatoms. The van der Waals surface area contributed by atoms with Gasteiger partial charge in [0.25, 0.3) is 5.56 Å². The molecule has 0 amide bonds. The Morgan fingerprint density at radius 2 is 1.86 bits per heavy atom. The molecule has 1 aromatic carbocycles. The van der Waals surface area contributed by atoms with Crippen molar-refractivity contribution in [2.24, 2.45) is 19.8 Å². The zero-order valence-corrected chi connectivity index (χ0v) is 15.1. The number of benzene rings is 1. The van der Waals surface area contributed by atoms with E-state index in [1.807, 2.05) is 0 Å². The highest BCUT2D eigenvalue weighted by Crippen LogP contribution is 2.39. The van der Waals surface area contributed by atoms with Gasteiger partial charge in [-0.05, 0) is 18.2 Å². The fourth-order valence-electron chi connectivity index (χ4n) is 3.18. The number of nitriles is 1. The third kappa shape index (κ3) is 3.07. The molecule has 2 heterocycles. The molecule has 3 aromatic rings. The maximum Gasteiger partial charge on any atom is 0.433 e. The van der Waals surface area contributed by atoms with Gasteiger partial charge in [-0.1, -0.05) is 0 Å². The zero-order valence-electron chi connectivity index (χ0n) is 15.1. The van der Waals surface area contributed by atoms with Gasteiger partial charge in [-0.3, -0.25) is 13.9 Å². The molecule has 2 N–H and O–H groups in total. The summed E-state index contributed by atoms with van der Waals surface area (Å²) in [4.78, 5) is 28.5. The first kappa shape index (κ1) is 20.2. The standard InChI is InChI=1S/C18H13F4N5O2/c1-26-15-13(16(28)27(2)17(26)29)12(10-5-9(19)4-3-8(10)6-23)11(7-24)14(25-15)18(20,21)22/h3-5H,7,24H2,1-2H3. The Kier molecular flexibility index (Phi) is 4.76. The molecular weight excluding hydrogens is 394 g/mol. The van der Waals surface area contributed by atoms with Crippen molar-refractivity contribution in [1.82, 2.24) is 14.1 Å². The number of halogens is 4. The number of fused-ring (bicyclic) bond motifs is 1. The lowest BCUT2D eigenvalue weighted by molar-refractivity contribution is -0.141. The second-order valence-corrected chi connectivity index (χ2v) is 6.22. The number of aromatic nitrogens is 3. The third-order valence-electron chi connectivity index (χ3n) is 4.53. The smallest absolute Gasteiger partial charge is 0.326 e. The van der Waals surface area contributed by atoms with E-state index >= 15 is 0 Å². The first-order chi connectivity index (χ1) is 13.5. The van der Waals surface area contributed by atoms with Gasteiger partial charge in [0.15, 0.2) is 11.3 Å². The van der Waals surface area contributed by atoms with Gasteiger partial charge in [0.1, 0.15) is 5.82 Å². The molecule has 0 aliphatic rings. The predicted molar refractivity (Wildman–Crippen MR) is 95.2 cm³/mol. The molecule has 0 saturated heterocycles. The number of nitrogens with two attached hydrogens (primary N) is 1. The lowest BCUT2D eigenvalue weighted by atomic mass is 9.92. The molecule has 29 heavy (non-hydrogen) atoms. The van der Waals surface area contributed by atoms with Gasteiger partial charge >= 0.3 is 11.9 Å². The number of alkyl halides is 3. The Balaban J connectivity index is 2.76. The maximum absolute atomic E-state index is 13.9. The van der Waals surface area contributed by atoms with Crippen LogP contribution in [0.5, 0.6) is 0 Å². The molecule has 0 aliphatic heterocycles. The molecule has 150 valence electrons. The Morgan fingerprint density at radius 3 is 2.41 bits per heavy atom. The molecular formula is C18H13F4N5O2. The van der Waals surface area contributed by atoms with E-state index in [4.69, 9.17) is 5.73 Å². The van der Waals surface area contributed by atoms with Crippen molar-refractivity contribution in [1.29, 1.82) is 5.26 Å². The van der Waals surface area contributed by atoms with E-state index in [9.17, 15) is 32.4 Å². The van der Waals surface area contributed by atoms with Crippen LogP contribution >= 0.6 is 0 Å². The van der Waals surface area contributed by atoms with Crippen LogP contribution < -0.4 is 17.0 Å². The number of hydrogen-bond donors (Lipinski definition) is 1. The second kappa shape index (κ2) is 6.82. The summed E-state index contributed by atoms with van der Waals surface area (Å²) in [7, 11) is 2.30. The minimum Gasteiger partial charge on any atom is -0.326 e. The second-order valence-electron chi connectivity index (χ2n) is 6.22. The highest BCUT2D eigenvalue weighted by atomic mass is 19.4. The topological polar surface area (TPSA) is 107 Å². The number of aryl methyl sites for hydroxylation is 1. The van der Waals surface area contributed by atoms with Crippen LogP contribution in [-0.4, -0.2) is 14.1 Å². The molecule has 0 aliphatic carbocycles. The maximum atomic E-state index is 13.9. The zero-order chi connectivity index (χ0) is 21.7. The first-order valence-corrected chi connectivity index (χ1v) is 8.12. The van der Waals surface area contributed by atoms with Crippen molar-refractivity contribution in [3.05, 3.63) is 61.7 Å². The largest absolute Gasteiger partial charge is 0.433 e. The molecule has 7 nitrogen and oxygen atoms in total. The van der Waals surface area contributed by atoms with Crippen LogP contribution in [0.15, 0.2) is 27.8 Å².